The van der Waals surface area contributed by atoms with Crippen molar-refractivity contribution in [2.45, 2.75) is 13.0 Å². The van der Waals surface area contributed by atoms with E-state index >= 15 is 0 Å². The van der Waals surface area contributed by atoms with E-state index in [0.29, 0.717) is 18.7 Å². The summed E-state index contributed by atoms with van der Waals surface area (Å²) in [5, 5.41) is 7.97. The van der Waals surface area contributed by atoms with E-state index < -0.39 is 0 Å². The first-order valence-corrected chi connectivity index (χ1v) is 9.22. The molecule has 3 aromatic heterocycles. The second kappa shape index (κ2) is 6.03. The molecule has 0 aliphatic carbocycles. The Morgan fingerprint density at radius 2 is 2.08 bits per heavy atom. The van der Waals surface area contributed by atoms with Crippen LogP contribution in [-0.4, -0.2) is 37.5 Å². The molecule has 0 saturated heterocycles. The number of aromatic nitrogens is 4. The number of fused-ring (bicyclic) bond motifs is 2. The van der Waals surface area contributed by atoms with E-state index in [4.69, 9.17) is 0 Å². The number of carbonyl (C=O) groups excluding carboxylic acids is 1. The molecule has 26 heavy (non-hydrogen) atoms. The van der Waals surface area contributed by atoms with Gasteiger partial charge in [0.15, 0.2) is 0 Å². The average molecular weight is 361 g/mol. The summed E-state index contributed by atoms with van der Waals surface area (Å²) in [6, 6.07) is 11.8. The minimum atomic E-state index is 0.0267. The summed E-state index contributed by atoms with van der Waals surface area (Å²) < 4.78 is 1.18. The first kappa shape index (κ1) is 15.2. The maximum Gasteiger partial charge on any atom is 0.256 e. The summed E-state index contributed by atoms with van der Waals surface area (Å²) in [6.07, 6.45) is 4.18. The van der Waals surface area contributed by atoms with Crippen molar-refractivity contribution in [3.63, 3.8) is 0 Å². The number of amides is 1. The third-order valence-electron chi connectivity index (χ3n) is 4.60. The number of aromatic amines is 1. The third-order valence-corrected chi connectivity index (χ3v) is 5.69. The second-order valence-electron chi connectivity index (χ2n) is 6.20. The number of nitrogens with zero attached hydrogens (tertiary/aromatic N) is 4. The molecule has 5 rings (SSSR count). The normalized spacial score (nSPS) is 13.5. The molecule has 0 radical (unpaired) electrons. The lowest BCUT2D eigenvalue weighted by Gasteiger charge is -2.14. The fourth-order valence-electron chi connectivity index (χ4n) is 3.34. The van der Waals surface area contributed by atoms with Gasteiger partial charge in [-0.15, -0.1) is 11.3 Å². The number of hydrogen-bond donors (Lipinski definition) is 1. The molecular formula is C19H15N5OS. The highest BCUT2D eigenvalue weighted by Gasteiger charge is 2.31. The van der Waals surface area contributed by atoms with Crippen molar-refractivity contribution >= 4 is 27.5 Å². The van der Waals surface area contributed by atoms with Crippen LogP contribution in [0.3, 0.4) is 0 Å². The number of thiazole rings is 1. The van der Waals surface area contributed by atoms with E-state index in [1.165, 1.54) is 4.70 Å². The first-order valence-electron chi connectivity index (χ1n) is 8.41. The van der Waals surface area contributed by atoms with Crippen LogP contribution in [0.5, 0.6) is 0 Å². The number of benzene rings is 1. The van der Waals surface area contributed by atoms with Crippen LogP contribution in [0.4, 0.5) is 0 Å². The smallest absolute Gasteiger partial charge is 0.256 e. The predicted molar refractivity (Wildman–Crippen MR) is 99.9 cm³/mol. The third kappa shape index (κ3) is 2.48. The number of nitrogens with one attached hydrogen (secondary N) is 1. The van der Waals surface area contributed by atoms with E-state index in [1.54, 1.807) is 23.7 Å². The van der Waals surface area contributed by atoms with Gasteiger partial charge in [-0.05, 0) is 24.3 Å². The summed E-state index contributed by atoms with van der Waals surface area (Å²) in [5.41, 5.74) is 4.23. The standard InChI is InChI=1S/C19H15N5OS/c25-19-18-12(13-6-9-21-23-13)5-8-20-15(18)11-24(19)10-7-17-22-14-3-1-2-4-16(14)26-17/h1-6,8-9H,7,10-11H2,(H,21,23). The van der Waals surface area contributed by atoms with E-state index in [1.807, 2.05) is 35.2 Å². The van der Waals surface area contributed by atoms with Crippen LogP contribution in [0.1, 0.15) is 21.1 Å². The number of hydrogen-bond acceptors (Lipinski definition) is 5. The molecule has 128 valence electrons. The highest BCUT2D eigenvalue weighted by molar-refractivity contribution is 7.18. The molecule has 0 fully saturated rings. The van der Waals surface area contributed by atoms with Gasteiger partial charge in [-0.2, -0.15) is 5.10 Å². The van der Waals surface area contributed by atoms with Crippen molar-refractivity contribution in [2.75, 3.05) is 6.54 Å². The Labute approximate surface area is 153 Å². The van der Waals surface area contributed by atoms with Crippen molar-refractivity contribution in [3.05, 3.63) is 65.1 Å². The molecule has 1 N–H and O–H groups in total. The maximum atomic E-state index is 12.9. The number of carbonyl (C=O) groups is 1. The van der Waals surface area contributed by atoms with Crippen molar-refractivity contribution in [1.29, 1.82) is 0 Å². The zero-order valence-electron chi connectivity index (χ0n) is 13.8. The number of rotatable bonds is 4. The molecule has 4 heterocycles. The predicted octanol–water partition coefficient (Wildman–Crippen LogP) is 3.28. The lowest BCUT2D eigenvalue weighted by atomic mass is 10.1. The molecule has 0 bridgehead atoms. The van der Waals surface area contributed by atoms with Gasteiger partial charge in [0.05, 0.1) is 38.7 Å². The van der Waals surface area contributed by atoms with Crippen LogP contribution in [-0.2, 0) is 13.0 Å². The second-order valence-corrected chi connectivity index (χ2v) is 7.32. The molecule has 0 unspecified atom stereocenters. The van der Waals surface area contributed by atoms with Crippen molar-refractivity contribution in [3.8, 4) is 11.3 Å². The van der Waals surface area contributed by atoms with E-state index in [9.17, 15) is 4.79 Å². The van der Waals surface area contributed by atoms with Gasteiger partial charge in [0.1, 0.15) is 0 Å². The molecule has 0 spiro atoms. The van der Waals surface area contributed by atoms with Gasteiger partial charge < -0.3 is 4.90 Å². The quantitative estimate of drug-likeness (QED) is 0.605. The number of pyridine rings is 1. The van der Waals surface area contributed by atoms with Gasteiger partial charge >= 0.3 is 0 Å². The molecule has 1 aliphatic heterocycles. The van der Waals surface area contributed by atoms with Gasteiger partial charge in [-0.1, -0.05) is 12.1 Å². The fourth-order valence-corrected chi connectivity index (χ4v) is 4.30. The van der Waals surface area contributed by atoms with E-state index in [2.05, 4.69) is 26.2 Å². The Balaban J connectivity index is 1.38. The maximum absolute atomic E-state index is 12.9. The van der Waals surface area contributed by atoms with Crippen molar-refractivity contribution in [2.24, 2.45) is 0 Å². The van der Waals surface area contributed by atoms with Crippen LogP contribution < -0.4 is 0 Å². The molecule has 0 atom stereocenters. The summed E-state index contributed by atoms with van der Waals surface area (Å²) in [6.45, 7) is 1.18. The molecule has 1 aromatic carbocycles. The molecule has 1 aliphatic rings. The monoisotopic (exact) mass is 361 g/mol. The number of H-pyrrole nitrogens is 1. The van der Waals surface area contributed by atoms with Gasteiger partial charge in [0.2, 0.25) is 0 Å². The summed E-state index contributed by atoms with van der Waals surface area (Å²) in [4.78, 5) is 23.9. The van der Waals surface area contributed by atoms with Crippen molar-refractivity contribution in [1.82, 2.24) is 25.1 Å². The van der Waals surface area contributed by atoms with Crippen LogP contribution in [0.2, 0.25) is 0 Å². The summed E-state index contributed by atoms with van der Waals surface area (Å²) in [5.74, 6) is 0.0267. The largest absolute Gasteiger partial charge is 0.332 e. The van der Waals surface area contributed by atoms with Crippen molar-refractivity contribution < 1.29 is 4.79 Å². The molecule has 1 amide bonds. The molecule has 6 nitrogen and oxygen atoms in total. The Morgan fingerprint density at radius 1 is 1.15 bits per heavy atom. The molecule has 0 saturated carbocycles. The number of para-hydroxylation sites is 1. The van der Waals surface area contributed by atoms with E-state index in [-0.39, 0.29) is 5.91 Å². The lowest BCUT2D eigenvalue weighted by molar-refractivity contribution is 0.0780. The van der Waals surface area contributed by atoms with E-state index in [0.717, 1.165) is 33.9 Å². The molecular weight excluding hydrogens is 346 g/mol. The van der Waals surface area contributed by atoms with Crippen LogP contribution in [0.15, 0.2) is 48.8 Å². The molecule has 7 heteroatoms. The summed E-state index contributed by atoms with van der Waals surface area (Å²) >= 11 is 1.69. The average Bonchev–Trinajstić information content (AvgIpc) is 3.39. The SMILES string of the molecule is O=C1c2c(-c3ccn[nH]3)ccnc2CN1CCc1nc2ccccc2s1. The van der Waals surface area contributed by atoms with Gasteiger partial charge in [0.25, 0.3) is 5.91 Å². The first-order chi connectivity index (χ1) is 12.8. The minimum Gasteiger partial charge on any atom is -0.332 e. The Hall–Kier alpha value is -3.06. The van der Waals surface area contributed by atoms with Crippen LogP contribution in [0, 0.1) is 0 Å². The topological polar surface area (TPSA) is 74.8 Å². The zero-order chi connectivity index (χ0) is 17.5. The highest BCUT2D eigenvalue weighted by atomic mass is 32.1. The Bertz CT molecular complexity index is 1070. The van der Waals surface area contributed by atoms with Gasteiger partial charge in [-0.3, -0.25) is 14.9 Å². The van der Waals surface area contributed by atoms with Crippen LogP contribution >= 0.6 is 11.3 Å². The fraction of sp³-hybridized carbons (Fsp3) is 0.158. The van der Waals surface area contributed by atoms with Crippen LogP contribution in [0.25, 0.3) is 21.5 Å². The van der Waals surface area contributed by atoms with Gasteiger partial charge in [0, 0.05) is 30.9 Å². The zero-order valence-corrected chi connectivity index (χ0v) is 14.7. The lowest BCUT2D eigenvalue weighted by Crippen LogP contribution is -2.26. The Kier molecular flexibility index (Phi) is 3.53. The Morgan fingerprint density at radius 3 is 2.92 bits per heavy atom. The summed E-state index contributed by atoms with van der Waals surface area (Å²) in [7, 11) is 0. The van der Waals surface area contributed by atoms with Gasteiger partial charge in [-0.25, -0.2) is 4.98 Å². The molecule has 4 aromatic rings. The highest BCUT2D eigenvalue weighted by Crippen LogP contribution is 2.30. The minimum absolute atomic E-state index is 0.0267.